The quantitative estimate of drug-likeness (QED) is 0.783. The number of pyridine rings is 1. The Morgan fingerprint density at radius 2 is 2.04 bits per heavy atom. The van der Waals surface area contributed by atoms with Gasteiger partial charge in [-0.2, -0.15) is 5.26 Å². The summed E-state index contributed by atoms with van der Waals surface area (Å²) in [4.78, 5) is 43.8. The molecule has 2 aromatic rings. The van der Waals surface area contributed by atoms with E-state index in [9.17, 15) is 14.4 Å². The molecule has 0 N–H and O–H groups in total. The largest absolute Gasteiger partial charge is 0.326 e. The van der Waals surface area contributed by atoms with Crippen molar-refractivity contribution in [2.45, 2.75) is 25.9 Å². The molecule has 3 amide bonds. The fourth-order valence-corrected chi connectivity index (χ4v) is 2.95. The number of hydrogen-bond donors (Lipinski definition) is 0. The summed E-state index contributed by atoms with van der Waals surface area (Å²) in [6.07, 6.45) is 3.17. The van der Waals surface area contributed by atoms with Crippen molar-refractivity contribution in [2.24, 2.45) is 0 Å². The number of carbonyl (C=O) groups is 3. The molecule has 1 aromatic carbocycles. The van der Waals surface area contributed by atoms with Gasteiger partial charge in [-0.25, -0.2) is 4.90 Å². The van der Waals surface area contributed by atoms with Crippen molar-refractivity contribution in [3.05, 3.63) is 59.9 Å². The van der Waals surface area contributed by atoms with Gasteiger partial charge in [0.2, 0.25) is 11.8 Å². The van der Waals surface area contributed by atoms with Crippen LogP contribution in [0.3, 0.4) is 0 Å². The van der Waals surface area contributed by atoms with Crippen LogP contribution >= 0.6 is 0 Å². The van der Waals surface area contributed by atoms with Crippen LogP contribution in [-0.4, -0.2) is 33.6 Å². The van der Waals surface area contributed by atoms with Crippen LogP contribution in [0.25, 0.3) is 0 Å². The Hall–Kier alpha value is -3.53. The van der Waals surface area contributed by atoms with Gasteiger partial charge in [0.25, 0.3) is 5.91 Å². The average Bonchev–Trinajstić information content (AvgIpc) is 2.94. The molecule has 2 heterocycles. The van der Waals surface area contributed by atoms with Crippen LogP contribution in [-0.2, 0) is 20.9 Å². The molecule has 1 unspecified atom stereocenters. The first-order valence-corrected chi connectivity index (χ1v) is 8.04. The minimum atomic E-state index is -0.851. The van der Waals surface area contributed by atoms with Gasteiger partial charge < -0.3 is 4.90 Å². The Labute approximate surface area is 150 Å². The molecule has 0 spiro atoms. The maximum Gasteiger partial charge on any atom is 0.257 e. The van der Waals surface area contributed by atoms with Gasteiger partial charge in [0.1, 0.15) is 6.04 Å². The number of nitriles is 1. The van der Waals surface area contributed by atoms with E-state index >= 15 is 0 Å². The third kappa shape index (κ3) is 3.30. The summed E-state index contributed by atoms with van der Waals surface area (Å²) in [5, 5.41) is 8.87. The number of hydrogen-bond acceptors (Lipinski definition) is 5. The number of anilines is 1. The Morgan fingerprint density at radius 3 is 2.62 bits per heavy atom. The lowest BCUT2D eigenvalue weighted by molar-refractivity contribution is -0.137. The van der Waals surface area contributed by atoms with Gasteiger partial charge in [-0.15, -0.1) is 0 Å². The third-order valence-electron chi connectivity index (χ3n) is 4.23. The summed E-state index contributed by atoms with van der Waals surface area (Å²) in [7, 11) is 0. The molecule has 0 bridgehead atoms. The molecule has 0 radical (unpaired) electrons. The molecule has 1 atom stereocenters. The van der Waals surface area contributed by atoms with Crippen LogP contribution in [0.15, 0.2) is 48.8 Å². The highest BCUT2D eigenvalue weighted by Crippen LogP contribution is 2.27. The van der Waals surface area contributed by atoms with Gasteiger partial charge in [-0.3, -0.25) is 19.4 Å². The van der Waals surface area contributed by atoms with Gasteiger partial charge in [-0.05, 0) is 35.9 Å². The van der Waals surface area contributed by atoms with Crippen molar-refractivity contribution in [3.63, 3.8) is 0 Å². The van der Waals surface area contributed by atoms with Crippen molar-refractivity contribution >= 4 is 23.4 Å². The Balaban J connectivity index is 1.85. The van der Waals surface area contributed by atoms with Crippen molar-refractivity contribution in [1.82, 2.24) is 9.88 Å². The van der Waals surface area contributed by atoms with Gasteiger partial charge >= 0.3 is 0 Å². The lowest BCUT2D eigenvalue weighted by atomic mass is 10.1. The lowest BCUT2D eigenvalue weighted by Crippen LogP contribution is -2.44. The highest BCUT2D eigenvalue weighted by Gasteiger charge is 2.43. The first kappa shape index (κ1) is 17.3. The second-order valence-corrected chi connectivity index (χ2v) is 5.95. The molecule has 1 aliphatic rings. The number of aromatic nitrogens is 1. The van der Waals surface area contributed by atoms with E-state index in [4.69, 9.17) is 5.26 Å². The van der Waals surface area contributed by atoms with Gasteiger partial charge in [0.05, 0.1) is 23.7 Å². The molecular formula is C19H16N4O3. The predicted molar refractivity (Wildman–Crippen MR) is 92.5 cm³/mol. The summed E-state index contributed by atoms with van der Waals surface area (Å²) in [5.74, 6) is -1.11. The molecule has 7 heteroatoms. The van der Waals surface area contributed by atoms with Crippen LogP contribution in [0, 0.1) is 11.3 Å². The molecule has 1 aromatic heterocycles. The van der Waals surface area contributed by atoms with Crippen molar-refractivity contribution in [2.75, 3.05) is 4.90 Å². The molecule has 1 saturated heterocycles. The molecule has 1 aliphatic heterocycles. The van der Waals surface area contributed by atoms with Crippen LogP contribution in [0.4, 0.5) is 5.69 Å². The van der Waals surface area contributed by atoms with Crippen molar-refractivity contribution < 1.29 is 14.4 Å². The number of benzene rings is 1. The number of rotatable bonds is 4. The minimum absolute atomic E-state index is 0.0708. The smallest absolute Gasteiger partial charge is 0.257 e. The molecule has 7 nitrogen and oxygen atoms in total. The van der Waals surface area contributed by atoms with E-state index in [1.165, 1.54) is 11.8 Å². The topological polar surface area (TPSA) is 94.4 Å². The van der Waals surface area contributed by atoms with E-state index < -0.39 is 11.9 Å². The van der Waals surface area contributed by atoms with Crippen LogP contribution in [0.5, 0.6) is 0 Å². The van der Waals surface area contributed by atoms with Crippen molar-refractivity contribution in [3.8, 4) is 6.07 Å². The highest BCUT2D eigenvalue weighted by molar-refractivity contribution is 6.23. The average molecular weight is 348 g/mol. The van der Waals surface area contributed by atoms with E-state index in [1.54, 1.807) is 42.7 Å². The zero-order valence-electron chi connectivity index (χ0n) is 14.1. The summed E-state index contributed by atoms with van der Waals surface area (Å²) in [6, 6.07) is 10.9. The number of imide groups is 1. The van der Waals surface area contributed by atoms with E-state index in [2.05, 4.69) is 4.98 Å². The fourth-order valence-electron chi connectivity index (χ4n) is 2.95. The highest BCUT2D eigenvalue weighted by atomic mass is 16.2. The minimum Gasteiger partial charge on any atom is -0.326 e. The second-order valence-electron chi connectivity index (χ2n) is 5.95. The molecule has 3 rings (SSSR count). The van der Waals surface area contributed by atoms with Gasteiger partial charge in [0, 0.05) is 25.9 Å². The summed E-state index contributed by atoms with van der Waals surface area (Å²) >= 11 is 0. The zero-order valence-corrected chi connectivity index (χ0v) is 14.1. The molecule has 26 heavy (non-hydrogen) atoms. The Bertz CT molecular complexity index is 887. The summed E-state index contributed by atoms with van der Waals surface area (Å²) in [6.45, 7) is 1.58. The maximum absolute atomic E-state index is 12.8. The summed E-state index contributed by atoms with van der Waals surface area (Å²) < 4.78 is 0. The molecule has 1 fully saturated rings. The van der Waals surface area contributed by atoms with Crippen LogP contribution in [0.1, 0.15) is 24.5 Å². The molecule has 0 saturated carbocycles. The van der Waals surface area contributed by atoms with Crippen LogP contribution in [0.2, 0.25) is 0 Å². The number of amides is 3. The van der Waals surface area contributed by atoms with E-state index in [-0.39, 0.29) is 24.8 Å². The number of carbonyl (C=O) groups excluding carboxylic acids is 3. The standard InChI is InChI=1S/C19H16N4O3/c1-13(24)22(12-15-3-2-8-21-11-15)17-9-18(25)23(19(17)26)16-6-4-14(10-20)5-7-16/h2-8,11,17H,9,12H2,1H3. The first-order valence-electron chi connectivity index (χ1n) is 8.04. The molecule has 130 valence electrons. The first-order chi connectivity index (χ1) is 12.5. The monoisotopic (exact) mass is 348 g/mol. The van der Waals surface area contributed by atoms with E-state index in [1.807, 2.05) is 12.1 Å². The van der Waals surface area contributed by atoms with Gasteiger partial charge in [-0.1, -0.05) is 6.07 Å². The van der Waals surface area contributed by atoms with E-state index in [0.717, 1.165) is 10.5 Å². The molecule has 0 aliphatic carbocycles. The van der Waals surface area contributed by atoms with Crippen molar-refractivity contribution in [1.29, 1.82) is 5.26 Å². The fraction of sp³-hybridized carbons (Fsp3) is 0.211. The zero-order chi connectivity index (χ0) is 18.7. The van der Waals surface area contributed by atoms with E-state index in [0.29, 0.717) is 11.3 Å². The SMILES string of the molecule is CC(=O)N(Cc1cccnc1)C1CC(=O)N(c2ccc(C#N)cc2)C1=O. The molecular weight excluding hydrogens is 332 g/mol. The van der Waals surface area contributed by atoms with Crippen LogP contribution < -0.4 is 4.90 Å². The van der Waals surface area contributed by atoms with Gasteiger partial charge in [0.15, 0.2) is 0 Å². The predicted octanol–water partition coefficient (Wildman–Crippen LogP) is 1.63. The normalized spacial score (nSPS) is 16.5. The Kier molecular flexibility index (Phi) is 4.76. The summed E-state index contributed by atoms with van der Waals surface area (Å²) in [5.41, 5.74) is 1.61. The Morgan fingerprint density at radius 1 is 1.31 bits per heavy atom. The lowest BCUT2D eigenvalue weighted by Gasteiger charge is -2.26. The third-order valence-corrected chi connectivity index (χ3v) is 4.23. The number of nitrogens with zero attached hydrogens (tertiary/aromatic N) is 4. The maximum atomic E-state index is 12.8. The second kappa shape index (κ2) is 7.15.